The summed E-state index contributed by atoms with van der Waals surface area (Å²) in [6.07, 6.45) is 0.706. The number of halogens is 2. The van der Waals surface area contributed by atoms with Gasteiger partial charge in [-0.1, -0.05) is 41.4 Å². The number of thiazole rings is 1. The lowest BCUT2D eigenvalue weighted by Gasteiger charge is -2.08. The van der Waals surface area contributed by atoms with E-state index >= 15 is 0 Å². The molecule has 78 valence electrons. The Morgan fingerprint density at radius 3 is 2.60 bits per heavy atom. The number of aliphatic hydroxyl groups excluding tert-OH is 1. The van der Waals surface area contributed by atoms with Crippen LogP contribution in [-0.4, -0.2) is 10.1 Å². The fourth-order valence-corrected chi connectivity index (χ4v) is 2.40. The van der Waals surface area contributed by atoms with Gasteiger partial charge in [-0.15, -0.1) is 11.3 Å². The van der Waals surface area contributed by atoms with Gasteiger partial charge >= 0.3 is 0 Å². The Balaban J connectivity index is 2.36. The number of hydrogen-bond donors (Lipinski definition) is 1. The SMILES string of the molecule is OC(c1ncc(Cl)s1)c1ccccc1Cl. The van der Waals surface area contributed by atoms with Gasteiger partial charge in [0.25, 0.3) is 0 Å². The standard InChI is InChI=1S/C10H7Cl2NOS/c11-7-4-2-1-3-6(7)9(14)10-13-5-8(12)15-10/h1-5,9,14H. The van der Waals surface area contributed by atoms with Crippen LogP contribution in [0, 0.1) is 0 Å². The molecule has 0 aliphatic rings. The van der Waals surface area contributed by atoms with Crippen molar-refractivity contribution in [1.82, 2.24) is 4.98 Å². The zero-order valence-corrected chi connectivity index (χ0v) is 9.85. The fourth-order valence-electron chi connectivity index (χ4n) is 1.22. The highest BCUT2D eigenvalue weighted by Crippen LogP contribution is 2.31. The van der Waals surface area contributed by atoms with Gasteiger partial charge in [0.05, 0.1) is 6.20 Å². The molecule has 15 heavy (non-hydrogen) atoms. The van der Waals surface area contributed by atoms with Crippen molar-refractivity contribution in [3.63, 3.8) is 0 Å². The third-order valence-electron chi connectivity index (χ3n) is 1.93. The molecular weight excluding hydrogens is 253 g/mol. The van der Waals surface area contributed by atoms with Crippen molar-refractivity contribution in [2.24, 2.45) is 0 Å². The maximum atomic E-state index is 9.99. The van der Waals surface area contributed by atoms with E-state index in [9.17, 15) is 5.11 Å². The lowest BCUT2D eigenvalue weighted by molar-refractivity contribution is 0.220. The topological polar surface area (TPSA) is 33.1 Å². The number of hydrogen-bond acceptors (Lipinski definition) is 3. The molecule has 0 saturated heterocycles. The Morgan fingerprint density at radius 2 is 2.00 bits per heavy atom. The molecule has 0 aliphatic heterocycles. The van der Waals surface area contributed by atoms with Crippen LogP contribution in [0.2, 0.25) is 9.36 Å². The Kier molecular flexibility index (Phi) is 3.26. The smallest absolute Gasteiger partial charge is 0.132 e. The first kappa shape index (κ1) is 10.9. The van der Waals surface area contributed by atoms with Crippen LogP contribution >= 0.6 is 34.5 Å². The summed E-state index contributed by atoms with van der Waals surface area (Å²) < 4.78 is 0.552. The number of aliphatic hydroxyl groups is 1. The van der Waals surface area contributed by atoms with Gasteiger partial charge in [0.1, 0.15) is 15.4 Å². The molecule has 0 radical (unpaired) electrons. The highest BCUT2D eigenvalue weighted by molar-refractivity contribution is 7.15. The molecule has 1 N–H and O–H groups in total. The van der Waals surface area contributed by atoms with E-state index in [1.807, 2.05) is 12.1 Å². The molecular formula is C10H7Cl2NOS. The van der Waals surface area contributed by atoms with Crippen molar-refractivity contribution in [3.8, 4) is 0 Å². The molecule has 2 nitrogen and oxygen atoms in total. The van der Waals surface area contributed by atoms with Gasteiger partial charge < -0.3 is 5.11 Å². The molecule has 1 heterocycles. The molecule has 1 atom stereocenters. The van der Waals surface area contributed by atoms with Gasteiger partial charge in [-0.3, -0.25) is 0 Å². The lowest BCUT2D eigenvalue weighted by atomic mass is 10.1. The lowest BCUT2D eigenvalue weighted by Crippen LogP contribution is -1.99. The van der Waals surface area contributed by atoms with E-state index in [1.54, 1.807) is 12.1 Å². The summed E-state index contributed by atoms with van der Waals surface area (Å²) in [6, 6.07) is 7.13. The third kappa shape index (κ3) is 2.32. The maximum Gasteiger partial charge on any atom is 0.132 e. The van der Waals surface area contributed by atoms with Crippen LogP contribution < -0.4 is 0 Å². The first-order valence-corrected chi connectivity index (χ1v) is 5.79. The summed E-state index contributed by atoms with van der Waals surface area (Å²) >= 11 is 12.9. The molecule has 0 aliphatic carbocycles. The Hall–Kier alpha value is -0.610. The summed E-state index contributed by atoms with van der Waals surface area (Å²) in [7, 11) is 0. The normalized spacial score (nSPS) is 12.7. The van der Waals surface area contributed by atoms with E-state index in [4.69, 9.17) is 23.2 Å². The summed E-state index contributed by atoms with van der Waals surface area (Å²) in [4.78, 5) is 4.01. The largest absolute Gasteiger partial charge is 0.381 e. The molecule has 1 aromatic carbocycles. The molecule has 0 amide bonds. The van der Waals surface area contributed by atoms with E-state index in [2.05, 4.69) is 4.98 Å². The van der Waals surface area contributed by atoms with Crippen LogP contribution in [0.4, 0.5) is 0 Å². The number of aromatic nitrogens is 1. The van der Waals surface area contributed by atoms with Gasteiger partial charge in [-0.05, 0) is 6.07 Å². The molecule has 1 aromatic heterocycles. The van der Waals surface area contributed by atoms with Gasteiger partial charge in [0.15, 0.2) is 0 Å². The molecule has 5 heteroatoms. The van der Waals surface area contributed by atoms with E-state index in [0.717, 1.165) is 0 Å². The Morgan fingerprint density at radius 1 is 1.27 bits per heavy atom. The van der Waals surface area contributed by atoms with Crippen LogP contribution in [0.3, 0.4) is 0 Å². The summed E-state index contributed by atoms with van der Waals surface area (Å²) in [6.45, 7) is 0. The quantitative estimate of drug-likeness (QED) is 0.895. The average Bonchev–Trinajstić information content (AvgIpc) is 2.65. The molecule has 2 rings (SSSR count). The van der Waals surface area contributed by atoms with E-state index in [1.165, 1.54) is 17.5 Å². The van der Waals surface area contributed by atoms with Crippen molar-refractivity contribution in [3.05, 3.63) is 50.4 Å². The second-order valence-corrected chi connectivity index (χ2v) is 5.03. The van der Waals surface area contributed by atoms with Crippen molar-refractivity contribution in [2.75, 3.05) is 0 Å². The van der Waals surface area contributed by atoms with Crippen LogP contribution in [0.25, 0.3) is 0 Å². The third-order valence-corrected chi connectivity index (χ3v) is 3.44. The molecule has 0 fully saturated rings. The van der Waals surface area contributed by atoms with E-state index in [-0.39, 0.29) is 0 Å². The van der Waals surface area contributed by atoms with Gasteiger partial charge in [-0.25, -0.2) is 4.98 Å². The molecule has 1 unspecified atom stereocenters. The highest BCUT2D eigenvalue weighted by atomic mass is 35.5. The van der Waals surface area contributed by atoms with E-state index < -0.39 is 6.10 Å². The van der Waals surface area contributed by atoms with Gasteiger partial charge in [-0.2, -0.15) is 0 Å². The highest BCUT2D eigenvalue weighted by Gasteiger charge is 2.16. The first-order valence-electron chi connectivity index (χ1n) is 4.22. The summed E-state index contributed by atoms with van der Waals surface area (Å²) in [5, 5.41) is 11.1. The van der Waals surface area contributed by atoms with Crippen molar-refractivity contribution >= 4 is 34.5 Å². The average molecular weight is 260 g/mol. The van der Waals surface area contributed by atoms with Crippen LogP contribution in [0.5, 0.6) is 0 Å². The molecule has 0 spiro atoms. The van der Waals surface area contributed by atoms with Crippen LogP contribution in [0.1, 0.15) is 16.7 Å². The van der Waals surface area contributed by atoms with Crippen LogP contribution in [-0.2, 0) is 0 Å². The van der Waals surface area contributed by atoms with Crippen molar-refractivity contribution < 1.29 is 5.11 Å². The van der Waals surface area contributed by atoms with Gasteiger partial charge in [0.2, 0.25) is 0 Å². The first-order chi connectivity index (χ1) is 7.18. The fraction of sp³-hybridized carbons (Fsp3) is 0.100. The van der Waals surface area contributed by atoms with E-state index in [0.29, 0.717) is 19.9 Å². The Bertz CT molecular complexity index is 472. The van der Waals surface area contributed by atoms with Crippen LogP contribution in [0.15, 0.2) is 30.5 Å². The van der Waals surface area contributed by atoms with Gasteiger partial charge in [0, 0.05) is 10.6 Å². The van der Waals surface area contributed by atoms with Crippen molar-refractivity contribution in [2.45, 2.75) is 6.10 Å². The second kappa shape index (κ2) is 4.49. The predicted molar refractivity (Wildman–Crippen MR) is 62.6 cm³/mol. The number of benzene rings is 1. The Labute approximate surface area is 101 Å². The minimum Gasteiger partial charge on any atom is -0.381 e. The monoisotopic (exact) mass is 259 g/mol. The minimum absolute atomic E-state index is 0.524. The minimum atomic E-state index is -0.809. The van der Waals surface area contributed by atoms with Crippen molar-refractivity contribution in [1.29, 1.82) is 0 Å². The molecule has 2 aromatic rings. The zero-order valence-electron chi connectivity index (χ0n) is 7.52. The summed E-state index contributed by atoms with van der Waals surface area (Å²) in [5.74, 6) is 0. The second-order valence-electron chi connectivity index (χ2n) is 2.93. The predicted octanol–water partition coefficient (Wildman–Crippen LogP) is 3.53. The molecule has 0 saturated carbocycles. The number of nitrogens with zero attached hydrogens (tertiary/aromatic N) is 1. The molecule has 0 bridgehead atoms. The summed E-state index contributed by atoms with van der Waals surface area (Å²) in [5.41, 5.74) is 0.644. The number of rotatable bonds is 2. The zero-order chi connectivity index (χ0) is 10.8. The maximum absolute atomic E-state index is 9.99.